The van der Waals surface area contributed by atoms with Crippen molar-refractivity contribution in [2.24, 2.45) is 0 Å². The average molecular weight is 337 g/mol. The second-order valence-corrected chi connectivity index (χ2v) is 5.91. The van der Waals surface area contributed by atoms with Crippen molar-refractivity contribution in [1.29, 1.82) is 0 Å². The van der Waals surface area contributed by atoms with Gasteiger partial charge in [0.05, 0.1) is 20.3 Å². The van der Waals surface area contributed by atoms with Gasteiger partial charge in [-0.2, -0.15) is 0 Å². The Balaban J connectivity index is 1.65. The summed E-state index contributed by atoms with van der Waals surface area (Å²) < 4.78 is 10.7. The van der Waals surface area contributed by atoms with Crippen LogP contribution in [0.3, 0.4) is 0 Å². The van der Waals surface area contributed by atoms with Gasteiger partial charge >= 0.3 is 0 Å². The monoisotopic (exact) mass is 337 g/mol. The third-order valence-corrected chi connectivity index (χ3v) is 4.30. The number of hydrogen-bond donors (Lipinski definition) is 2. The zero-order chi connectivity index (χ0) is 17.6. The van der Waals surface area contributed by atoms with Crippen molar-refractivity contribution in [3.05, 3.63) is 71.8 Å². The van der Waals surface area contributed by atoms with E-state index in [2.05, 4.69) is 17.4 Å². The molecule has 0 heterocycles. The molecule has 130 valence electrons. The summed E-state index contributed by atoms with van der Waals surface area (Å²) in [6.45, 7) is 1.05. The summed E-state index contributed by atoms with van der Waals surface area (Å²) in [6, 6.07) is 20.0. The van der Waals surface area contributed by atoms with Gasteiger partial charge in [-0.1, -0.05) is 48.5 Å². The highest BCUT2D eigenvalue weighted by Gasteiger charge is 2.11. The van der Waals surface area contributed by atoms with Gasteiger partial charge in [0.2, 0.25) is 0 Å². The van der Waals surface area contributed by atoms with E-state index in [4.69, 9.17) is 9.47 Å². The largest absolute Gasteiger partial charge is 0.493 e. The van der Waals surface area contributed by atoms with Gasteiger partial charge in [-0.25, -0.2) is 0 Å². The van der Waals surface area contributed by atoms with Gasteiger partial charge in [0.25, 0.3) is 0 Å². The smallest absolute Gasteiger partial charge is 0.165 e. The predicted molar refractivity (Wildman–Crippen MR) is 100 cm³/mol. The van der Waals surface area contributed by atoms with E-state index in [1.165, 1.54) is 5.39 Å². The number of para-hydroxylation sites is 1. The van der Waals surface area contributed by atoms with Crippen LogP contribution in [0.15, 0.2) is 60.7 Å². The van der Waals surface area contributed by atoms with Crippen LogP contribution < -0.4 is 14.8 Å². The van der Waals surface area contributed by atoms with Crippen molar-refractivity contribution in [1.82, 2.24) is 5.32 Å². The van der Waals surface area contributed by atoms with Crippen LogP contribution in [0.4, 0.5) is 0 Å². The molecule has 2 N–H and O–H groups in total. The summed E-state index contributed by atoms with van der Waals surface area (Å²) in [7, 11) is 3.25. The maximum atomic E-state index is 10.5. The zero-order valence-corrected chi connectivity index (χ0v) is 14.5. The quantitative estimate of drug-likeness (QED) is 0.690. The van der Waals surface area contributed by atoms with Gasteiger partial charge in [-0.05, 0) is 28.5 Å². The van der Waals surface area contributed by atoms with Gasteiger partial charge < -0.3 is 19.9 Å². The Kier molecular flexibility index (Phi) is 5.53. The van der Waals surface area contributed by atoms with Crippen LogP contribution >= 0.6 is 0 Å². The zero-order valence-electron chi connectivity index (χ0n) is 14.5. The minimum absolute atomic E-state index is 0.457. The molecule has 0 amide bonds. The first-order valence-corrected chi connectivity index (χ1v) is 8.30. The van der Waals surface area contributed by atoms with Crippen LogP contribution in [-0.4, -0.2) is 25.9 Å². The Bertz CT molecular complexity index is 847. The van der Waals surface area contributed by atoms with E-state index in [1.807, 2.05) is 48.5 Å². The number of fused-ring (bicyclic) bond motifs is 1. The fourth-order valence-corrected chi connectivity index (χ4v) is 2.97. The molecule has 3 aromatic rings. The van der Waals surface area contributed by atoms with Crippen LogP contribution in [0.2, 0.25) is 0 Å². The van der Waals surface area contributed by atoms with Crippen molar-refractivity contribution in [3.8, 4) is 11.5 Å². The van der Waals surface area contributed by atoms with Gasteiger partial charge in [-0.15, -0.1) is 0 Å². The molecule has 1 unspecified atom stereocenters. The SMILES string of the molecule is COc1cccc(CNCC(O)c2ccc3ccccc3c2)c1OC. The Morgan fingerprint density at radius 2 is 1.72 bits per heavy atom. The number of aliphatic hydroxyl groups excluding tert-OH is 1. The number of nitrogens with one attached hydrogen (secondary N) is 1. The van der Waals surface area contributed by atoms with E-state index in [0.29, 0.717) is 18.8 Å². The molecule has 25 heavy (non-hydrogen) atoms. The normalized spacial score (nSPS) is 12.1. The van der Waals surface area contributed by atoms with Crippen molar-refractivity contribution >= 4 is 10.8 Å². The first-order valence-electron chi connectivity index (χ1n) is 8.30. The molecule has 1 atom stereocenters. The number of hydrogen-bond acceptors (Lipinski definition) is 4. The summed E-state index contributed by atoms with van der Waals surface area (Å²) >= 11 is 0. The molecule has 0 fully saturated rings. The molecule has 0 aliphatic heterocycles. The predicted octanol–water partition coefficient (Wildman–Crippen LogP) is 3.68. The molecule has 0 aromatic heterocycles. The molecular formula is C21H23NO3. The molecule has 0 spiro atoms. The van der Waals surface area contributed by atoms with E-state index in [-0.39, 0.29) is 0 Å². The molecule has 0 saturated heterocycles. The van der Waals surface area contributed by atoms with E-state index >= 15 is 0 Å². The second kappa shape index (κ2) is 8.01. The van der Waals surface area contributed by atoms with Crippen LogP contribution in [0.5, 0.6) is 11.5 Å². The summed E-state index contributed by atoms with van der Waals surface area (Å²) in [5.74, 6) is 1.43. The highest BCUT2D eigenvalue weighted by Crippen LogP contribution is 2.30. The van der Waals surface area contributed by atoms with Crippen LogP contribution in [0, 0.1) is 0 Å². The molecular weight excluding hydrogens is 314 g/mol. The highest BCUT2D eigenvalue weighted by atomic mass is 16.5. The first kappa shape index (κ1) is 17.3. The summed E-state index contributed by atoms with van der Waals surface area (Å²) in [5, 5.41) is 16.1. The van der Waals surface area contributed by atoms with Crippen LogP contribution in [0.1, 0.15) is 17.2 Å². The number of methoxy groups -OCH3 is 2. The lowest BCUT2D eigenvalue weighted by Gasteiger charge is -2.15. The number of aliphatic hydroxyl groups is 1. The molecule has 0 aliphatic carbocycles. The van der Waals surface area contributed by atoms with Gasteiger partial charge in [0, 0.05) is 18.7 Å². The third-order valence-electron chi connectivity index (χ3n) is 4.30. The molecule has 3 aromatic carbocycles. The lowest BCUT2D eigenvalue weighted by Crippen LogP contribution is -2.21. The van der Waals surface area contributed by atoms with Gasteiger partial charge in [0.15, 0.2) is 11.5 Å². The molecule has 3 rings (SSSR count). The Labute approximate surface area is 148 Å². The van der Waals surface area contributed by atoms with Crippen molar-refractivity contribution in [2.45, 2.75) is 12.6 Å². The fraction of sp³-hybridized carbons (Fsp3) is 0.238. The molecule has 4 heteroatoms. The second-order valence-electron chi connectivity index (χ2n) is 5.91. The van der Waals surface area contributed by atoms with Gasteiger partial charge in [0.1, 0.15) is 0 Å². The maximum absolute atomic E-state index is 10.5. The summed E-state index contributed by atoms with van der Waals surface area (Å²) in [4.78, 5) is 0. The maximum Gasteiger partial charge on any atom is 0.165 e. The molecule has 0 bridgehead atoms. The van der Waals surface area contributed by atoms with Crippen LogP contribution in [-0.2, 0) is 6.54 Å². The van der Waals surface area contributed by atoms with E-state index in [0.717, 1.165) is 22.3 Å². The topological polar surface area (TPSA) is 50.7 Å². The van der Waals surface area contributed by atoms with E-state index in [1.54, 1.807) is 14.2 Å². The Morgan fingerprint density at radius 1 is 0.920 bits per heavy atom. The summed E-state index contributed by atoms with van der Waals surface area (Å²) in [6.07, 6.45) is -0.568. The minimum atomic E-state index is -0.568. The molecule has 0 aliphatic rings. The number of rotatable bonds is 7. The lowest BCUT2D eigenvalue weighted by molar-refractivity contribution is 0.174. The molecule has 0 saturated carbocycles. The highest BCUT2D eigenvalue weighted by molar-refractivity contribution is 5.83. The Hall–Kier alpha value is -2.56. The lowest BCUT2D eigenvalue weighted by atomic mass is 10.0. The van der Waals surface area contributed by atoms with E-state index < -0.39 is 6.10 Å². The fourth-order valence-electron chi connectivity index (χ4n) is 2.97. The minimum Gasteiger partial charge on any atom is -0.493 e. The van der Waals surface area contributed by atoms with E-state index in [9.17, 15) is 5.11 Å². The van der Waals surface area contributed by atoms with Gasteiger partial charge in [-0.3, -0.25) is 0 Å². The van der Waals surface area contributed by atoms with Crippen molar-refractivity contribution < 1.29 is 14.6 Å². The standard InChI is InChI=1S/C21H23NO3/c1-24-20-9-5-8-18(21(20)25-2)13-22-14-19(23)17-11-10-15-6-3-4-7-16(15)12-17/h3-12,19,22-23H,13-14H2,1-2H3. The summed E-state index contributed by atoms with van der Waals surface area (Å²) in [5.41, 5.74) is 1.90. The third kappa shape index (κ3) is 3.92. The molecule has 0 radical (unpaired) electrons. The number of benzene rings is 3. The first-order chi connectivity index (χ1) is 12.2. The number of ether oxygens (including phenoxy) is 2. The van der Waals surface area contributed by atoms with Crippen LogP contribution in [0.25, 0.3) is 10.8 Å². The Morgan fingerprint density at radius 3 is 2.48 bits per heavy atom. The van der Waals surface area contributed by atoms with Crippen molar-refractivity contribution in [2.75, 3.05) is 20.8 Å². The van der Waals surface area contributed by atoms with Crippen molar-refractivity contribution in [3.63, 3.8) is 0 Å². The molecule has 4 nitrogen and oxygen atoms in total. The average Bonchev–Trinajstić information content (AvgIpc) is 2.67.